The number of nitrogens with zero attached hydrogens (tertiary/aromatic N) is 1. The molecule has 1 atom stereocenters. The third-order valence-corrected chi connectivity index (χ3v) is 4.81. The summed E-state index contributed by atoms with van der Waals surface area (Å²) in [6, 6.07) is 10.7. The lowest BCUT2D eigenvalue weighted by Crippen LogP contribution is -2.31. The fourth-order valence-electron chi connectivity index (χ4n) is 2.39. The predicted octanol–water partition coefficient (Wildman–Crippen LogP) is 2.49. The number of ether oxygens (including phenoxy) is 1. The van der Waals surface area contributed by atoms with Gasteiger partial charge in [-0.2, -0.15) is 0 Å². The SMILES string of the molecule is CCc1ccc(C(=O)COc2ccc(CC(SC=O)C(=O)NC)cc2)nc1. The van der Waals surface area contributed by atoms with E-state index in [2.05, 4.69) is 10.3 Å². The van der Waals surface area contributed by atoms with Crippen LogP contribution in [0.4, 0.5) is 0 Å². The molecule has 1 aromatic carbocycles. The predicted molar refractivity (Wildman–Crippen MR) is 106 cm³/mol. The van der Waals surface area contributed by atoms with Crippen LogP contribution in [0.1, 0.15) is 28.5 Å². The van der Waals surface area contributed by atoms with Crippen LogP contribution in [0.15, 0.2) is 42.6 Å². The molecule has 6 nitrogen and oxygen atoms in total. The van der Waals surface area contributed by atoms with Crippen LogP contribution >= 0.6 is 11.8 Å². The van der Waals surface area contributed by atoms with Gasteiger partial charge >= 0.3 is 0 Å². The van der Waals surface area contributed by atoms with E-state index in [9.17, 15) is 14.4 Å². The summed E-state index contributed by atoms with van der Waals surface area (Å²) in [5, 5.41) is 2.08. The first kappa shape index (κ1) is 20.6. The van der Waals surface area contributed by atoms with Gasteiger partial charge in [-0.05, 0) is 42.2 Å². The van der Waals surface area contributed by atoms with E-state index < -0.39 is 5.25 Å². The van der Waals surface area contributed by atoms with Gasteiger partial charge in [-0.15, -0.1) is 0 Å². The Labute approximate surface area is 162 Å². The van der Waals surface area contributed by atoms with Crippen molar-refractivity contribution in [3.63, 3.8) is 0 Å². The highest BCUT2D eigenvalue weighted by Gasteiger charge is 2.18. The van der Waals surface area contributed by atoms with Crippen LogP contribution in [0.2, 0.25) is 0 Å². The molecule has 2 rings (SSSR count). The minimum absolute atomic E-state index is 0.0975. The number of carbonyl (C=O) groups is 3. The lowest BCUT2D eigenvalue weighted by atomic mass is 10.1. The Hall–Kier alpha value is -2.67. The molecule has 1 amide bonds. The zero-order chi connectivity index (χ0) is 19.6. The number of aromatic nitrogens is 1. The number of hydrogen-bond acceptors (Lipinski definition) is 6. The Morgan fingerprint density at radius 2 is 1.89 bits per heavy atom. The molecule has 1 N–H and O–H groups in total. The molecule has 2 aromatic rings. The molecule has 0 spiro atoms. The zero-order valence-corrected chi connectivity index (χ0v) is 16.1. The first-order chi connectivity index (χ1) is 13.1. The molecule has 0 radical (unpaired) electrons. The molecule has 1 heterocycles. The Morgan fingerprint density at radius 3 is 2.44 bits per heavy atom. The molecule has 142 valence electrons. The van der Waals surface area contributed by atoms with Gasteiger partial charge < -0.3 is 10.1 Å². The van der Waals surface area contributed by atoms with E-state index in [1.807, 2.05) is 25.1 Å². The molecule has 0 saturated carbocycles. The van der Waals surface area contributed by atoms with Gasteiger partial charge in [0.05, 0.1) is 5.25 Å². The number of benzene rings is 1. The molecular weight excluding hydrogens is 364 g/mol. The smallest absolute Gasteiger partial charge is 0.233 e. The highest BCUT2D eigenvalue weighted by atomic mass is 32.2. The van der Waals surface area contributed by atoms with Gasteiger partial charge in [0.2, 0.25) is 11.7 Å². The maximum atomic E-state index is 12.1. The second-order valence-electron chi connectivity index (χ2n) is 5.80. The van der Waals surface area contributed by atoms with E-state index in [-0.39, 0.29) is 18.3 Å². The summed E-state index contributed by atoms with van der Waals surface area (Å²) in [4.78, 5) is 38.8. The van der Waals surface area contributed by atoms with Crippen LogP contribution in [0.25, 0.3) is 0 Å². The summed E-state index contributed by atoms with van der Waals surface area (Å²) >= 11 is 0.947. The summed E-state index contributed by atoms with van der Waals surface area (Å²) in [6.07, 6.45) is 2.99. The van der Waals surface area contributed by atoms with Crippen molar-refractivity contribution >= 4 is 29.1 Å². The fourth-order valence-corrected chi connectivity index (χ4v) is 3.05. The number of nitrogens with one attached hydrogen (secondary N) is 1. The number of rotatable bonds is 10. The number of aryl methyl sites for hydroxylation is 1. The van der Waals surface area contributed by atoms with Crippen molar-refractivity contribution in [1.82, 2.24) is 10.3 Å². The standard InChI is InChI=1S/C20H22N2O4S/c1-3-14-6-9-17(22-11-14)18(24)12-26-16-7-4-15(5-8-16)10-19(27-13-23)20(25)21-2/h4-9,11,13,19H,3,10,12H2,1-2H3,(H,21,25). The minimum atomic E-state index is -0.474. The second kappa shape index (κ2) is 10.5. The molecule has 27 heavy (non-hydrogen) atoms. The topological polar surface area (TPSA) is 85.4 Å². The Balaban J connectivity index is 1.91. The number of thioether (sulfide) groups is 1. The molecule has 0 aliphatic heterocycles. The molecule has 7 heteroatoms. The number of amides is 1. The zero-order valence-electron chi connectivity index (χ0n) is 15.3. The molecular formula is C20H22N2O4S. The Kier molecular flexibility index (Phi) is 8.00. The van der Waals surface area contributed by atoms with Gasteiger partial charge in [0.15, 0.2) is 12.2 Å². The largest absolute Gasteiger partial charge is 0.485 e. The quantitative estimate of drug-likeness (QED) is 0.499. The van der Waals surface area contributed by atoms with Gasteiger partial charge in [-0.3, -0.25) is 19.4 Å². The van der Waals surface area contributed by atoms with Crippen molar-refractivity contribution in [3.8, 4) is 5.75 Å². The van der Waals surface area contributed by atoms with Gasteiger partial charge in [0, 0.05) is 13.2 Å². The lowest BCUT2D eigenvalue weighted by Gasteiger charge is -2.12. The van der Waals surface area contributed by atoms with Gasteiger partial charge in [0.25, 0.3) is 0 Å². The number of pyridine rings is 1. The van der Waals surface area contributed by atoms with Crippen LogP contribution in [0, 0.1) is 0 Å². The Bertz CT molecular complexity index is 776. The molecule has 1 aromatic heterocycles. The maximum Gasteiger partial charge on any atom is 0.233 e. The third kappa shape index (κ3) is 6.21. The van der Waals surface area contributed by atoms with Crippen molar-refractivity contribution < 1.29 is 19.1 Å². The molecule has 0 bridgehead atoms. The maximum absolute atomic E-state index is 12.1. The number of carbonyl (C=O) groups excluding carboxylic acids is 3. The van der Waals surface area contributed by atoms with Crippen LogP contribution in [-0.2, 0) is 22.4 Å². The molecule has 1 unspecified atom stereocenters. The highest BCUT2D eigenvalue weighted by Crippen LogP contribution is 2.18. The average Bonchev–Trinajstić information content (AvgIpc) is 2.72. The summed E-state index contributed by atoms with van der Waals surface area (Å²) < 4.78 is 5.52. The number of ketones is 1. The average molecular weight is 386 g/mol. The second-order valence-corrected chi connectivity index (χ2v) is 6.83. The molecule has 0 saturated heterocycles. The number of hydrogen-bond donors (Lipinski definition) is 1. The van der Waals surface area contributed by atoms with Crippen molar-refractivity contribution in [1.29, 1.82) is 0 Å². The first-order valence-electron chi connectivity index (χ1n) is 8.58. The van der Waals surface area contributed by atoms with Crippen molar-refractivity contribution in [2.45, 2.75) is 25.0 Å². The molecule has 0 aliphatic rings. The third-order valence-electron chi connectivity index (χ3n) is 3.99. The highest BCUT2D eigenvalue weighted by molar-refractivity contribution is 8.13. The van der Waals surface area contributed by atoms with Gasteiger partial charge in [0.1, 0.15) is 11.4 Å². The van der Waals surface area contributed by atoms with Crippen LogP contribution < -0.4 is 10.1 Å². The van der Waals surface area contributed by atoms with Gasteiger partial charge in [-0.1, -0.05) is 36.9 Å². The Morgan fingerprint density at radius 1 is 1.19 bits per heavy atom. The summed E-state index contributed by atoms with van der Waals surface area (Å²) in [7, 11) is 1.54. The van der Waals surface area contributed by atoms with Crippen molar-refractivity contribution in [2.75, 3.05) is 13.7 Å². The summed E-state index contributed by atoms with van der Waals surface area (Å²) in [5.41, 5.74) is 3.02. The van der Waals surface area contributed by atoms with E-state index in [4.69, 9.17) is 4.74 Å². The van der Waals surface area contributed by atoms with Gasteiger partial charge in [-0.25, -0.2) is 0 Å². The molecule has 0 aliphatic carbocycles. The number of Topliss-reactive ketones (excluding diaryl/α,β-unsaturated/α-hetero) is 1. The minimum Gasteiger partial charge on any atom is -0.485 e. The lowest BCUT2D eigenvalue weighted by molar-refractivity contribution is -0.120. The van der Waals surface area contributed by atoms with Crippen LogP contribution in [-0.4, -0.2) is 41.2 Å². The first-order valence-corrected chi connectivity index (χ1v) is 9.52. The summed E-state index contributed by atoms with van der Waals surface area (Å²) in [5.74, 6) is 0.167. The van der Waals surface area contributed by atoms with E-state index in [0.717, 1.165) is 29.3 Å². The van der Waals surface area contributed by atoms with E-state index >= 15 is 0 Å². The normalized spacial score (nSPS) is 11.5. The fraction of sp³-hybridized carbons (Fsp3) is 0.300. The molecule has 0 fully saturated rings. The van der Waals surface area contributed by atoms with Crippen molar-refractivity contribution in [3.05, 3.63) is 59.4 Å². The van der Waals surface area contributed by atoms with E-state index in [1.54, 1.807) is 31.4 Å². The van der Waals surface area contributed by atoms with Crippen LogP contribution in [0.5, 0.6) is 5.75 Å². The van der Waals surface area contributed by atoms with Crippen LogP contribution in [0.3, 0.4) is 0 Å². The summed E-state index contributed by atoms with van der Waals surface area (Å²) in [6.45, 7) is 1.93. The monoisotopic (exact) mass is 386 g/mol. The van der Waals surface area contributed by atoms with Crippen molar-refractivity contribution in [2.24, 2.45) is 0 Å². The van der Waals surface area contributed by atoms with E-state index in [1.165, 1.54) is 0 Å². The van der Waals surface area contributed by atoms with E-state index in [0.29, 0.717) is 23.5 Å².